The zero-order valence-electron chi connectivity index (χ0n) is 7.30. The number of hydrogen-bond acceptors (Lipinski definition) is 2. The fraction of sp³-hybridized carbons (Fsp3) is 0.875. The highest BCUT2D eigenvalue weighted by Crippen LogP contribution is 2.15. The monoisotopic (exact) mass is 158 g/mol. The molecule has 11 heavy (non-hydrogen) atoms. The lowest BCUT2D eigenvalue weighted by molar-refractivity contribution is -0.469. The maximum Gasteiger partial charge on any atom is 0.290 e. The highest BCUT2D eigenvalue weighted by molar-refractivity contribution is 4.73. The molecule has 3 heteroatoms. The highest BCUT2D eigenvalue weighted by Gasteiger charge is 2.18. The van der Waals surface area contributed by atoms with Crippen LogP contribution in [0.5, 0.6) is 0 Å². The zero-order chi connectivity index (χ0) is 8.69. The smallest absolute Gasteiger partial charge is 0.264 e. The van der Waals surface area contributed by atoms with Gasteiger partial charge in [-0.05, 0) is 6.42 Å². The van der Waals surface area contributed by atoms with Crippen molar-refractivity contribution in [2.75, 3.05) is 0 Å². The molecule has 0 heterocycles. The minimum absolute atomic E-state index is 0.240. The molecule has 0 saturated carbocycles. The van der Waals surface area contributed by atoms with E-state index in [2.05, 4.69) is 6.92 Å². The molecule has 0 unspecified atom stereocenters. The predicted octanol–water partition coefficient (Wildman–Crippen LogP) is 2.79. The molecule has 0 atom stereocenters. The summed E-state index contributed by atoms with van der Waals surface area (Å²) in [6, 6.07) is 0.471. The van der Waals surface area contributed by atoms with Crippen LogP contribution in [0.3, 0.4) is 0 Å². The van der Waals surface area contributed by atoms with Gasteiger partial charge >= 0.3 is 0 Å². The summed E-state index contributed by atoms with van der Waals surface area (Å²) in [5.74, 6) is 0. The van der Waals surface area contributed by atoms with Crippen molar-refractivity contribution in [1.29, 1.82) is 0 Å². The minimum Gasteiger partial charge on any atom is -0.264 e. The maximum atomic E-state index is 10.3. The van der Waals surface area contributed by atoms with E-state index < -0.39 is 0 Å². The van der Waals surface area contributed by atoms with Gasteiger partial charge in [0.05, 0.1) is 0 Å². The Bertz CT molecular complexity index is 115. The van der Waals surface area contributed by atoms with Crippen molar-refractivity contribution >= 4 is 0 Å². The molecule has 0 fully saturated rings. The molecule has 0 aromatic rings. The van der Waals surface area contributed by atoms with Crippen LogP contribution in [0.1, 0.15) is 46.0 Å². The third kappa shape index (κ3) is 4.76. The van der Waals surface area contributed by atoms with Crippen LogP contribution in [-0.2, 0) is 0 Å². The summed E-state index contributed by atoms with van der Waals surface area (Å²) in [4.78, 5) is 10.1. The summed E-state index contributed by atoms with van der Waals surface area (Å²) < 4.78 is 0. The van der Waals surface area contributed by atoms with Crippen molar-refractivity contribution in [2.45, 2.75) is 46.0 Å². The Morgan fingerprint density at radius 1 is 1.36 bits per heavy atom. The Morgan fingerprint density at radius 3 is 2.36 bits per heavy atom. The van der Waals surface area contributed by atoms with Gasteiger partial charge in [0.25, 0.3) is 6.04 Å². The van der Waals surface area contributed by atoms with Crippen LogP contribution in [0.25, 0.3) is 0 Å². The fourth-order valence-corrected chi connectivity index (χ4v) is 0.976. The number of nitrogens with zero attached hydrogens (tertiary/aromatic N) is 1. The van der Waals surface area contributed by atoms with E-state index >= 15 is 0 Å². The van der Waals surface area contributed by atoms with Crippen LogP contribution in [0.2, 0.25) is 0 Å². The molecule has 1 radical (unpaired) electrons. The Kier molecular flexibility index (Phi) is 5.80. The Balaban J connectivity index is 3.44. The molecule has 0 aliphatic carbocycles. The molecule has 3 nitrogen and oxygen atoms in total. The second kappa shape index (κ2) is 6.13. The second-order valence-corrected chi connectivity index (χ2v) is 2.63. The molecular formula is C8H16NO2. The summed E-state index contributed by atoms with van der Waals surface area (Å²) in [5.41, 5.74) is 0. The molecule has 0 N–H and O–H groups in total. The second-order valence-electron chi connectivity index (χ2n) is 2.63. The van der Waals surface area contributed by atoms with E-state index in [1.165, 1.54) is 0 Å². The molecular weight excluding hydrogens is 142 g/mol. The first kappa shape index (κ1) is 10.4. The lowest BCUT2D eigenvalue weighted by Gasteiger charge is -2.02. The standard InChI is InChI=1S/C8H16NO2/c1-3-5-6-7-8(4-2)9(10)11/h3-7H2,1-2H3. The van der Waals surface area contributed by atoms with E-state index in [4.69, 9.17) is 0 Å². The van der Waals surface area contributed by atoms with Crippen LogP contribution in [0.15, 0.2) is 0 Å². The van der Waals surface area contributed by atoms with E-state index in [-0.39, 0.29) is 4.92 Å². The first-order valence-corrected chi connectivity index (χ1v) is 4.21. The van der Waals surface area contributed by atoms with Crippen molar-refractivity contribution in [3.8, 4) is 0 Å². The SMILES string of the molecule is CCCCC[C](CC)[N+](=O)[O-]. The minimum atomic E-state index is -0.240. The molecule has 0 aromatic heterocycles. The van der Waals surface area contributed by atoms with Gasteiger partial charge in [-0.15, -0.1) is 0 Å². The van der Waals surface area contributed by atoms with Gasteiger partial charge in [0, 0.05) is 17.8 Å². The highest BCUT2D eigenvalue weighted by atomic mass is 16.6. The molecule has 0 amide bonds. The Hall–Kier alpha value is -0.600. The van der Waals surface area contributed by atoms with Crippen LogP contribution >= 0.6 is 0 Å². The molecule has 0 spiro atoms. The lowest BCUT2D eigenvalue weighted by atomic mass is 10.1. The summed E-state index contributed by atoms with van der Waals surface area (Å²) in [5, 5.41) is 10.3. The largest absolute Gasteiger partial charge is 0.290 e. The fourth-order valence-electron chi connectivity index (χ4n) is 0.976. The van der Waals surface area contributed by atoms with Crippen LogP contribution < -0.4 is 0 Å². The average molecular weight is 158 g/mol. The van der Waals surface area contributed by atoms with Crippen molar-refractivity contribution < 1.29 is 4.92 Å². The summed E-state index contributed by atoms with van der Waals surface area (Å²) in [6.07, 6.45) is 4.42. The Morgan fingerprint density at radius 2 is 2.00 bits per heavy atom. The zero-order valence-corrected chi connectivity index (χ0v) is 7.30. The quantitative estimate of drug-likeness (QED) is 0.339. The van der Waals surface area contributed by atoms with Crippen molar-refractivity contribution in [3.05, 3.63) is 16.2 Å². The van der Waals surface area contributed by atoms with Gasteiger partial charge < -0.3 is 0 Å². The van der Waals surface area contributed by atoms with Crippen molar-refractivity contribution in [2.24, 2.45) is 0 Å². The third-order valence-corrected chi connectivity index (χ3v) is 1.74. The first-order valence-electron chi connectivity index (χ1n) is 4.21. The first-order chi connectivity index (χ1) is 5.22. The van der Waals surface area contributed by atoms with Crippen LogP contribution in [0, 0.1) is 16.2 Å². The Labute approximate surface area is 67.9 Å². The van der Waals surface area contributed by atoms with Crippen molar-refractivity contribution in [1.82, 2.24) is 0 Å². The number of hydrogen-bond donors (Lipinski definition) is 0. The van der Waals surface area contributed by atoms with E-state index in [0.717, 1.165) is 19.3 Å². The van der Waals surface area contributed by atoms with Crippen molar-refractivity contribution in [3.63, 3.8) is 0 Å². The van der Waals surface area contributed by atoms with Gasteiger partial charge in [0.15, 0.2) is 0 Å². The van der Waals surface area contributed by atoms with E-state index in [1.807, 2.05) is 6.92 Å². The summed E-state index contributed by atoms with van der Waals surface area (Å²) in [7, 11) is 0. The molecule has 0 bridgehead atoms. The number of rotatable bonds is 6. The van der Waals surface area contributed by atoms with Gasteiger partial charge in [-0.25, -0.2) is 0 Å². The molecule has 0 aliphatic rings. The average Bonchev–Trinajstić information content (AvgIpc) is 1.97. The molecule has 0 rings (SSSR count). The van der Waals surface area contributed by atoms with Gasteiger partial charge in [-0.2, -0.15) is 0 Å². The summed E-state index contributed by atoms with van der Waals surface area (Å²) >= 11 is 0. The van der Waals surface area contributed by atoms with Crippen LogP contribution in [0.4, 0.5) is 0 Å². The molecule has 0 saturated heterocycles. The van der Waals surface area contributed by atoms with E-state index in [9.17, 15) is 10.1 Å². The molecule has 65 valence electrons. The normalized spacial score (nSPS) is 10.5. The van der Waals surface area contributed by atoms with Gasteiger partial charge in [-0.3, -0.25) is 10.1 Å². The van der Waals surface area contributed by atoms with E-state index in [0.29, 0.717) is 18.9 Å². The lowest BCUT2D eigenvalue weighted by Crippen LogP contribution is -2.08. The van der Waals surface area contributed by atoms with Crippen LogP contribution in [-0.4, -0.2) is 4.92 Å². The van der Waals surface area contributed by atoms with Gasteiger partial charge in [0.1, 0.15) is 0 Å². The molecule has 0 aromatic carbocycles. The van der Waals surface area contributed by atoms with Gasteiger partial charge in [-0.1, -0.05) is 26.7 Å². The number of unbranched alkanes of at least 4 members (excludes halogenated alkanes) is 2. The van der Waals surface area contributed by atoms with Gasteiger partial charge in [0.2, 0.25) is 0 Å². The topological polar surface area (TPSA) is 43.1 Å². The predicted molar refractivity (Wildman–Crippen MR) is 44.7 cm³/mol. The maximum absolute atomic E-state index is 10.3. The van der Waals surface area contributed by atoms with E-state index in [1.54, 1.807) is 0 Å². The third-order valence-electron chi connectivity index (χ3n) is 1.74. The molecule has 0 aliphatic heterocycles. The number of nitro groups is 1. The summed E-state index contributed by atoms with van der Waals surface area (Å²) in [6.45, 7) is 3.93.